The number of aromatic nitrogens is 2. The minimum absolute atomic E-state index is 0.256. The Hall–Kier alpha value is -1.53. The molecule has 0 bridgehead atoms. The van der Waals surface area contributed by atoms with Gasteiger partial charge in [-0.15, -0.1) is 0 Å². The highest BCUT2D eigenvalue weighted by atomic mass is 19.4. The first-order chi connectivity index (χ1) is 14.8. The van der Waals surface area contributed by atoms with E-state index in [0.29, 0.717) is 17.6 Å². The zero-order chi connectivity index (χ0) is 21.9. The molecule has 7 heteroatoms. The van der Waals surface area contributed by atoms with Crippen LogP contribution in [-0.2, 0) is 6.18 Å². The molecule has 3 aliphatic rings. The highest BCUT2D eigenvalue weighted by Gasteiger charge is 2.39. The van der Waals surface area contributed by atoms with E-state index in [0.717, 1.165) is 38.9 Å². The van der Waals surface area contributed by atoms with Crippen LogP contribution in [0.5, 0.6) is 0 Å². The third-order valence-corrected chi connectivity index (χ3v) is 7.75. The maximum Gasteiger partial charge on any atom is 0.451 e. The van der Waals surface area contributed by atoms with E-state index in [9.17, 15) is 13.2 Å². The maximum atomic E-state index is 13.7. The Labute approximate surface area is 184 Å². The molecule has 0 aromatic carbocycles. The summed E-state index contributed by atoms with van der Waals surface area (Å²) in [5, 5.41) is 0. The van der Waals surface area contributed by atoms with Crippen molar-refractivity contribution in [3.8, 4) is 0 Å². The molecular formula is C24H37F3N4. The van der Waals surface area contributed by atoms with Gasteiger partial charge in [0, 0.05) is 32.7 Å². The Bertz CT molecular complexity index is 717. The molecule has 0 atom stereocenters. The predicted octanol–water partition coefficient (Wildman–Crippen LogP) is 6.45. The van der Waals surface area contributed by atoms with Crippen molar-refractivity contribution >= 4 is 11.6 Å². The van der Waals surface area contributed by atoms with Crippen LogP contribution in [0.4, 0.5) is 24.8 Å². The van der Waals surface area contributed by atoms with Crippen LogP contribution in [0.2, 0.25) is 0 Å². The minimum Gasteiger partial charge on any atom is -0.359 e. The van der Waals surface area contributed by atoms with Crippen molar-refractivity contribution in [2.24, 2.45) is 11.3 Å². The van der Waals surface area contributed by atoms with Gasteiger partial charge < -0.3 is 9.80 Å². The van der Waals surface area contributed by atoms with Crippen LogP contribution in [-0.4, -0.2) is 36.6 Å². The van der Waals surface area contributed by atoms with E-state index < -0.39 is 12.0 Å². The van der Waals surface area contributed by atoms with Crippen LogP contribution in [0.1, 0.15) is 89.3 Å². The quantitative estimate of drug-likeness (QED) is 0.506. The maximum absolute atomic E-state index is 13.7. The first-order valence-corrected chi connectivity index (χ1v) is 12.3. The molecule has 2 aliphatic carbocycles. The first-order valence-electron chi connectivity index (χ1n) is 12.3. The van der Waals surface area contributed by atoms with E-state index in [1.54, 1.807) is 6.07 Å². The molecule has 0 radical (unpaired) electrons. The molecule has 2 saturated carbocycles. The molecule has 1 aromatic rings. The van der Waals surface area contributed by atoms with Gasteiger partial charge in [-0.3, -0.25) is 0 Å². The van der Waals surface area contributed by atoms with Gasteiger partial charge in [0.15, 0.2) is 0 Å². The fourth-order valence-corrected chi connectivity index (χ4v) is 6.05. The van der Waals surface area contributed by atoms with Crippen molar-refractivity contribution in [1.29, 1.82) is 0 Å². The molecule has 2 heterocycles. The van der Waals surface area contributed by atoms with Crippen molar-refractivity contribution in [2.45, 2.75) is 89.6 Å². The van der Waals surface area contributed by atoms with Crippen LogP contribution >= 0.6 is 0 Å². The van der Waals surface area contributed by atoms with Crippen molar-refractivity contribution in [1.82, 2.24) is 9.97 Å². The molecule has 1 aliphatic heterocycles. The number of nitrogens with zero attached hydrogens (tertiary/aromatic N) is 4. The highest BCUT2D eigenvalue weighted by Crippen LogP contribution is 2.44. The van der Waals surface area contributed by atoms with Gasteiger partial charge in [0.25, 0.3) is 0 Å². The SMILES string of the molecule is CN(CC1CCCCCC1)c1cc(N2CCCC3(CCCCC3)C2)nc(C(F)(F)F)n1. The molecule has 4 rings (SSSR count). The molecular weight excluding hydrogens is 401 g/mol. The van der Waals surface area contributed by atoms with Gasteiger partial charge in [-0.2, -0.15) is 13.2 Å². The van der Waals surface area contributed by atoms with E-state index in [-0.39, 0.29) is 5.41 Å². The topological polar surface area (TPSA) is 32.3 Å². The minimum atomic E-state index is -4.54. The van der Waals surface area contributed by atoms with Gasteiger partial charge in [0.1, 0.15) is 11.6 Å². The number of hydrogen-bond acceptors (Lipinski definition) is 4. The molecule has 0 amide bonds. The van der Waals surface area contributed by atoms with Gasteiger partial charge in [0.2, 0.25) is 5.82 Å². The Morgan fingerprint density at radius 1 is 0.968 bits per heavy atom. The van der Waals surface area contributed by atoms with Gasteiger partial charge in [-0.1, -0.05) is 44.9 Å². The molecule has 1 spiro atoms. The van der Waals surface area contributed by atoms with Crippen molar-refractivity contribution in [2.75, 3.05) is 36.5 Å². The summed E-state index contributed by atoms with van der Waals surface area (Å²) in [5.41, 5.74) is 0.256. The fourth-order valence-electron chi connectivity index (χ4n) is 6.05. The summed E-state index contributed by atoms with van der Waals surface area (Å²) >= 11 is 0. The second-order valence-corrected chi connectivity index (χ2v) is 10.2. The molecule has 0 unspecified atom stereocenters. The fraction of sp³-hybridized carbons (Fsp3) is 0.833. The van der Waals surface area contributed by atoms with Gasteiger partial charge in [0.05, 0.1) is 0 Å². The largest absolute Gasteiger partial charge is 0.451 e. The normalized spacial score (nSPS) is 23.0. The molecule has 1 saturated heterocycles. The zero-order valence-corrected chi connectivity index (χ0v) is 18.9. The third kappa shape index (κ3) is 5.64. The van der Waals surface area contributed by atoms with E-state index in [1.807, 2.05) is 11.9 Å². The standard InChI is InChI=1S/C24H37F3N4/c1-30(17-19-10-5-2-3-6-11-19)20-16-21(29-22(28-20)24(25,26)27)31-15-9-14-23(18-31)12-7-4-8-13-23/h16,19H,2-15,17-18H2,1H3. The summed E-state index contributed by atoms with van der Waals surface area (Å²) in [6, 6.07) is 1.80. The molecule has 3 fully saturated rings. The van der Waals surface area contributed by atoms with Crippen molar-refractivity contribution in [3.05, 3.63) is 11.9 Å². The Kier molecular flexibility index (Phi) is 6.97. The lowest BCUT2D eigenvalue weighted by Gasteiger charge is -2.46. The smallest absolute Gasteiger partial charge is 0.359 e. The summed E-state index contributed by atoms with van der Waals surface area (Å²) in [6.45, 7) is 2.37. The van der Waals surface area contributed by atoms with E-state index in [2.05, 4.69) is 14.9 Å². The number of halogens is 3. The molecule has 1 aromatic heterocycles. The second-order valence-electron chi connectivity index (χ2n) is 10.2. The number of anilines is 2. The monoisotopic (exact) mass is 438 g/mol. The average molecular weight is 439 g/mol. The lowest BCUT2D eigenvalue weighted by atomic mass is 9.69. The molecule has 174 valence electrons. The van der Waals surface area contributed by atoms with Gasteiger partial charge >= 0.3 is 6.18 Å². The molecule has 4 nitrogen and oxygen atoms in total. The zero-order valence-electron chi connectivity index (χ0n) is 18.9. The summed E-state index contributed by atoms with van der Waals surface area (Å²) in [4.78, 5) is 12.0. The third-order valence-electron chi connectivity index (χ3n) is 7.75. The van der Waals surface area contributed by atoms with Crippen LogP contribution in [0.25, 0.3) is 0 Å². The number of hydrogen-bond donors (Lipinski definition) is 0. The summed E-state index contributed by atoms with van der Waals surface area (Å²) in [5.74, 6) is 0.385. The van der Waals surface area contributed by atoms with Crippen LogP contribution in [0, 0.1) is 11.3 Å². The Morgan fingerprint density at radius 3 is 2.29 bits per heavy atom. The van der Waals surface area contributed by atoms with Crippen LogP contribution < -0.4 is 9.80 Å². The van der Waals surface area contributed by atoms with Crippen molar-refractivity contribution in [3.63, 3.8) is 0 Å². The van der Waals surface area contributed by atoms with Crippen LogP contribution in [0.3, 0.4) is 0 Å². The van der Waals surface area contributed by atoms with E-state index in [4.69, 9.17) is 0 Å². The Morgan fingerprint density at radius 2 is 1.61 bits per heavy atom. The number of rotatable bonds is 4. The molecule has 0 N–H and O–H groups in total. The van der Waals surface area contributed by atoms with E-state index in [1.165, 1.54) is 64.2 Å². The summed E-state index contributed by atoms with van der Waals surface area (Å²) in [7, 11) is 1.88. The van der Waals surface area contributed by atoms with E-state index >= 15 is 0 Å². The number of piperidine rings is 1. The van der Waals surface area contributed by atoms with Gasteiger partial charge in [-0.25, -0.2) is 9.97 Å². The highest BCUT2D eigenvalue weighted by molar-refractivity contribution is 5.51. The first kappa shape index (κ1) is 22.7. The van der Waals surface area contributed by atoms with Crippen molar-refractivity contribution < 1.29 is 13.2 Å². The lowest BCUT2D eigenvalue weighted by molar-refractivity contribution is -0.144. The second kappa shape index (κ2) is 9.53. The van der Waals surface area contributed by atoms with Gasteiger partial charge in [-0.05, 0) is 49.9 Å². The lowest BCUT2D eigenvalue weighted by Crippen LogP contribution is -2.45. The average Bonchev–Trinajstić information content (AvgIpc) is 3.02. The number of alkyl halides is 3. The van der Waals surface area contributed by atoms with Crippen LogP contribution in [0.15, 0.2) is 6.07 Å². The predicted molar refractivity (Wildman–Crippen MR) is 118 cm³/mol. The summed E-state index contributed by atoms with van der Waals surface area (Å²) in [6.07, 6.45) is 11.1. The summed E-state index contributed by atoms with van der Waals surface area (Å²) < 4.78 is 41.0. The Balaban J connectivity index is 1.57. The molecule has 31 heavy (non-hydrogen) atoms.